The van der Waals surface area contributed by atoms with Crippen LogP contribution in [0.1, 0.15) is 19.3 Å². The molecule has 0 aromatic carbocycles. The van der Waals surface area contributed by atoms with Crippen LogP contribution in [0.3, 0.4) is 0 Å². The highest BCUT2D eigenvalue weighted by Crippen LogP contribution is 2.18. The average molecular weight is 137 g/mol. The lowest BCUT2D eigenvalue weighted by atomic mass is 10.3. The molecule has 10 heavy (non-hydrogen) atoms. The summed E-state index contributed by atoms with van der Waals surface area (Å²) in [6.07, 6.45) is 7.86. The Kier molecular flexibility index (Phi) is 2.47. The third-order valence-corrected chi connectivity index (χ3v) is 1.52. The summed E-state index contributed by atoms with van der Waals surface area (Å²) in [6.45, 7) is 0.744. The van der Waals surface area contributed by atoms with Crippen LogP contribution in [-0.4, -0.2) is 18.4 Å². The smallest absolute Gasteiger partial charge is 0.206 e. The van der Waals surface area contributed by atoms with E-state index in [0.29, 0.717) is 12.5 Å². The second-order valence-electron chi connectivity index (χ2n) is 2.55. The number of Topliss-reactive ketones (excluding diaryl/α,β-unsaturated/α-hetero) is 1. The Hall–Kier alpha value is -0.810. The van der Waals surface area contributed by atoms with E-state index >= 15 is 0 Å². The zero-order chi connectivity index (χ0) is 7.40. The van der Waals surface area contributed by atoms with E-state index in [-0.39, 0.29) is 5.78 Å². The molecule has 0 bridgehead atoms. The molecule has 0 radical (unpaired) electrons. The standard InChI is InChI=1S/C8H11NO/c1-2-8(10)5-6-9-7-3-4-7/h1,7,9H,3-6H2. The number of rotatable bonds is 4. The van der Waals surface area contributed by atoms with Gasteiger partial charge >= 0.3 is 0 Å². The van der Waals surface area contributed by atoms with Crippen LogP contribution in [0.4, 0.5) is 0 Å². The van der Waals surface area contributed by atoms with Crippen molar-refractivity contribution < 1.29 is 4.79 Å². The van der Waals surface area contributed by atoms with Crippen LogP contribution in [0.5, 0.6) is 0 Å². The number of hydrogen-bond donors (Lipinski definition) is 1. The highest BCUT2D eigenvalue weighted by Gasteiger charge is 2.19. The number of hydrogen-bond acceptors (Lipinski definition) is 2. The molecular weight excluding hydrogens is 126 g/mol. The van der Waals surface area contributed by atoms with Crippen molar-refractivity contribution in [3.63, 3.8) is 0 Å². The van der Waals surface area contributed by atoms with Crippen molar-refractivity contribution in [1.29, 1.82) is 0 Å². The Morgan fingerprint density at radius 2 is 2.40 bits per heavy atom. The molecule has 1 aliphatic rings. The SMILES string of the molecule is C#CC(=O)CCNC1CC1. The Labute approximate surface area is 61.0 Å². The summed E-state index contributed by atoms with van der Waals surface area (Å²) in [6, 6.07) is 0.672. The number of nitrogens with one attached hydrogen (secondary N) is 1. The Morgan fingerprint density at radius 1 is 1.70 bits per heavy atom. The minimum absolute atomic E-state index is 0.104. The van der Waals surface area contributed by atoms with Gasteiger partial charge in [-0.1, -0.05) is 0 Å². The van der Waals surface area contributed by atoms with E-state index in [2.05, 4.69) is 11.2 Å². The fourth-order valence-electron chi connectivity index (χ4n) is 0.749. The minimum Gasteiger partial charge on any atom is -0.314 e. The first-order chi connectivity index (χ1) is 4.83. The van der Waals surface area contributed by atoms with Crippen LogP contribution in [0.25, 0.3) is 0 Å². The van der Waals surface area contributed by atoms with Crippen molar-refractivity contribution in [2.45, 2.75) is 25.3 Å². The van der Waals surface area contributed by atoms with E-state index < -0.39 is 0 Å². The van der Waals surface area contributed by atoms with E-state index in [1.54, 1.807) is 0 Å². The molecule has 54 valence electrons. The summed E-state index contributed by atoms with van der Waals surface area (Å²) in [5.41, 5.74) is 0. The van der Waals surface area contributed by atoms with Gasteiger partial charge in [0, 0.05) is 19.0 Å². The number of terminal acetylenes is 1. The van der Waals surface area contributed by atoms with E-state index in [1.165, 1.54) is 12.8 Å². The minimum atomic E-state index is -0.104. The van der Waals surface area contributed by atoms with E-state index in [4.69, 9.17) is 6.42 Å². The molecule has 0 saturated heterocycles. The maximum atomic E-state index is 10.5. The molecule has 0 heterocycles. The zero-order valence-corrected chi connectivity index (χ0v) is 5.89. The summed E-state index contributed by atoms with van der Waals surface area (Å²) in [5.74, 6) is 1.98. The summed E-state index contributed by atoms with van der Waals surface area (Å²) in [5, 5.41) is 3.21. The molecule has 0 amide bonds. The summed E-state index contributed by atoms with van der Waals surface area (Å²) in [7, 11) is 0. The van der Waals surface area contributed by atoms with Gasteiger partial charge in [-0.25, -0.2) is 0 Å². The van der Waals surface area contributed by atoms with E-state index in [0.717, 1.165) is 6.54 Å². The lowest BCUT2D eigenvalue weighted by Gasteiger charge is -1.96. The number of carbonyl (C=O) groups excluding carboxylic acids is 1. The van der Waals surface area contributed by atoms with Gasteiger partial charge in [-0.15, -0.1) is 6.42 Å². The highest BCUT2D eigenvalue weighted by molar-refractivity contribution is 5.94. The molecule has 1 fully saturated rings. The largest absolute Gasteiger partial charge is 0.314 e. The first kappa shape index (κ1) is 7.30. The van der Waals surface area contributed by atoms with Crippen molar-refractivity contribution >= 4 is 5.78 Å². The molecule has 0 aromatic rings. The lowest BCUT2D eigenvalue weighted by molar-refractivity contribution is -0.113. The van der Waals surface area contributed by atoms with Crippen molar-refractivity contribution in [2.24, 2.45) is 0 Å². The first-order valence-electron chi connectivity index (χ1n) is 3.56. The summed E-state index contributed by atoms with van der Waals surface area (Å²) < 4.78 is 0. The van der Waals surface area contributed by atoms with Crippen LogP contribution in [0.15, 0.2) is 0 Å². The van der Waals surface area contributed by atoms with Gasteiger partial charge in [0.1, 0.15) is 0 Å². The van der Waals surface area contributed by atoms with Gasteiger partial charge in [-0.2, -0.15) is 0 Å². The van der Waals surface area contributed by atoms with Crippen molar-refractivity contribution in [1.82, 2.24) is 5.32 Å². The topological polar surface area (TPSA) is 29.1 Å². The third-order valence-electron chi connectivity index (χ3n) is 1.52. The van der Waals surface area contributed by atoms with Crippen LogP contribution >= 0.6 is 0 Å². The summed E-state index contributed by atoms with van der Waals surface area (Å²) >= 11 is 0. The zero-order valence-electron chi connectivity index (χ0n) is 5.89. The molecule has 1 rings (SSSR count). The van der Waals surface area contributed by atoms with Crippen LogP contribution in [0, 0.1) is 12.3 Å². The monoisotopic (exact) mass is 137 g/mol. The first-order valence-corrected chi connectivity index (χ1v) is 3.56. The van der Waals surface area contributed by atoms with Crippen molar-refractivity contribution in [3.05, 3.63) is 0 Å². The van der Waals surface area contributed by atoms with Gasteiger partial charge in [0.25, 0.3) is 0 Å². The fraction of sp³-hybridized carbons (Fsp3) is 0.625. The maximum Gasteiger partial charge on any atom is 0.206 e. The average Bonchev–Trinajstić information content (AvgIpc) is 2.71. The highest BCUT2D eigenvalue weighted by atomic mass is 16.1. The predicted octanol–water partition coefficient (Wildman–Crippen LogP) is 0.331. The van der Waals surface area contributed by atoms with Crippen LogP contribution in [-0.2, 0) is 4.79 Å². The molecule has 2 nitrogen and oxygen atoms in total. The number of carbonyl (C=O) groups is 1. The van der Waals surface area contributed by atoms with Gasteiger partial charge in [0.2, 0.25) is 5.78 Å². The molecule has 0 unspecified atom stereocenters. The Morgan fingerprint density at radius 3 is 2.90 bits per heavy atom. The Balaban J connectivity index is 1.94. The quantitative estimate of drug-likeness (QED) is 0.447. The van der Waals surface area contributed by atoms with Gasteiger partial charge in [-0.3, -0.25) is 4.79 Å². The van der Waals surface area contributed by atoms with E-state index in [9.17, 15) is 4.79 Å². The van der Waals surface area contributed by atoms with Crippen molar-refractivity contribution in [3.8, 4) is 12.3 Å². The van der Waals surface area contributed by atoms with Gasteiger partial charge in [-0.05, 0) is 18.8 Å². The third kappa shape index (κ3) is 2.65. The molecule has 0 atom stereocenters. The van der Waals surface area contributed by atoms with Crippen LogP contribution < -0.4 is 5.32 Å². The van der Waals surface area contributed by atoms with E-state index in [1.807, 2.05) is 0 Å². The summed E-state index contributed by atoms with van der Waals surface area (Å²) in [4.78, 5) is 10.5. The lowest BCUT2D eigenvalue weighted by Crippen LogP contribution is -2.19. The van der Waals surface area contributed by atoms with Gasteiger partial charge in [0.15, 0.2) is 0 Å². The molecule has 2 heteroatoms. The molecule has 1 N–H and O–H groups in total. The molecule has 0 aliphatic heterocycles. The Bertz CT molecular complexity index is 165. The predicted molar refractivity (Wildman–Crippen MR) is 39.5 cm³/mol. The second-order valence-corrected chi connectivity index (χ2v) is 2.55. The molecule has 0 spiro atoms. The number of ketones is 1. The molecule has 0 aromatic heterocycles. The second kappa shape index (κ2) is 3.38. The maximum absolute atomic E-state index is 10.5. The van der Waals surface area contributed by atoms with Crippen molar-refractivity contribution in [2.75, 3.05) is 6.54 Å². The molecule has 1 aliphatic carbocycles. The van der Waals surface area contributed by atoms with Crippen LogP contribution in [0.2, 0.25) is 0 Å². The molecular formula is C8H11NO. The normalized spacial score (nSPS) is 16.3. The fourth-order valence-corrected chi connectivity index (χ4v) is 0.749. The van der Waals surface area contributed by atoms with Gasteiger partial charge < -0.3 is 5.32 Å². The van der Waals surface area contributed by atoms with Gasteiger partial charge in [0.05, 0.1) is 0 Å². The molecule has 1 saturated carbocycles.